The normalized spacial score (nSPS) is 24.2. The van der Waals surface area contributed by atoms with Crippen LogP contribution in [0.2, 0.25) is 0 Å². The number of nitrogens with one attached hydrogen (secondary N) is 1. The van der Waals surface area contributed by atoms with Crippen LogP contribution in [0, 0.1) is 0 Å². The quantitative estimate of drug-likeness (QED) is 0.728. The molecule has 1 N–H and O–H groups in total. The Kier molecular flexibility index (Phi) is 5.81. The summed E-state index contributed by atoms with van der Waals surface area (Å²) in [7, 11) is 0. The number of rotatable bonds is 2. The molecule has 0 bridgehead atoms. The molecule has 31 heavy (non-hydrogen) atoms. The van der Waals surface area contributed by atoms with Crippen molar-refractivity contribution in [3.63, 3.8) is 0 Å². The smallest absolute Gasteiger partial charge is 0.410 e. The van der Waals surface area contributed by atoms with Gasteiger partial charge < -0.3 is 19.3 Å². The Bertz CT molecular complexity index is 878. The van der Waals surface area contributed by atoms with E-state index in [1.165, 1.54) is 0 Å². The van der Waals surface area contributed by atoms with Crippen LogP contribution in [0.3, 0.4) is 0 Å². The van der Waals surface area contributed by atoms with Gasteiger partial charge in [-0.15, -0.1) is 0 Å². The van der Waals surface area contributed by atoms with Crippen molar-refractivity contribution in [1.29, 1.82) is 0 Å². The predicted molar refractivity (Wildman–Crippen MR) is 115 cm³/mol. The van der Waals surface area contributed by atoms with E-state index in [0.717, 1.165) is 29.8 Å². The number of hydrogen-bond acceptors (Lipinski definition) is 6. The monoisotopic (exact) mass is 429 g/mol. The van der Waals surface area contributed by atoms with Crippen LogP contribution in [0.25, 0.3) is 0 Å². The molecule has 8 heteroatoms. The highest BCUT2D eigenvalue weighted by atomic mass is 16.6. The van der Waals surface area contributed by atoms with E-state index in [2.05, 4.69) is 16.3 Å². The lowest BCUT2D eigenvalue weighted by Gasteiger charge is -2.40. The minimum Gasteiger partial charge on any atom is -0.489 e. The summed E-state index contributed by atoms with van der Waals surface area (Å²) in [5, 5.41) is 2.45. The second kappa shape index (κ2) is 8.40. The molecule has 4 rings (SSSR count). The molecular weight excluding hydrogens is 398 g/mol. The molecule has 0 aliphatic carbocycles. The van der Waals surface area contributed by atoms with E-state index in [1.54, 1.807) is 4.90 Å². The lowest BCUT2D eigenvalue weighted by molar-refractivity contribution is -0.134. The van der Waals surface area contributed by atoms with Crippen molar-refractivity contribution in [2.75, 3.05) is 31.1 Å². The lowest BCUT2D eigenvalue weighted by atomic mass is 9.89. The number of carbonyl (C=O) groups excluding carboxylic acids is 3. The second-order valence-electron chi connectivity index (χ2n) is 9.47. The molecule has 3 aliphatic heterocycles. The highest BCUT2D eigenvalue weighted by molar-refractivity contribution is 6.02. The number of fused-ring (bicyclic) bond motifs is 1. The van der Waals surface area contributed by atoms with Gasteiger partial charge in [0.05, 0.1) is 12.2 Å². The van der Waals surface area contributed by atoms with Crippen molar-refractivity contribution in [3.8, 4) is 5.75 Å². The number of likely N-dealkylation sites (tertiary alicyclic amines) is 1. The van der Waals surface area contributed by atoms with Gasteiger partial charge >= 0.3 is 6.09 Å². The molecule has 1 unspecified atom stereocenters. The Morgan fingerprint density at radius 2 is 2.00 bits per heavy atom. The van der Waals surface area contributed by atoms with E-state index in [1.807, 2.05) is 32.9 Å². The van der Waals surface area contributed by atoms with Gasteiger partial charge in [0.15, 0.2) is 0 Å². The summed E-state index contributed by atoms with van der Waals surface area (Å²) in [5.74, 6) is 0.462. The fraction of sp³-hybridized carbons (Fsp3) is 0.609. The number of hydrogen-bond donors (Lipinski definition) is 1. The fourth-order valence-electron chi connectivity index (χ4n) is 4.64. The summed E-state index contributed by atoms with van der Waals surface area (Å²) in [5.41, 5.74) is 1.41. The first-order valence-electron chi connectivity index (χ1n) is 11.1. The van der Waals surface area contributed by atoms with Gasteiger partial charge in [0.1, 0.15) is 24.0 Å². The third-order valence-electron chi connectivity index (χ3n) is 6.01. The van der Waals surface area contributed by atoms with Gasteiger partial charge in [-0.2, -0.15) is 0 Å². The average molecular weight is 430 g/mol. The molecule has 3 aliphatic rings. The minimum absolute atomic E-state index is 0.137. The summed E-state index contributed by atoms with van der Waals surface area (Å²) in [4.78, 5) is 40.4. The average Bonchev–Trinajstić information content (AvgIpc) is 2.72. The van der Waals surface area contributed by atoms with E-state index in [9.17, 15) is 14.4 Å². The fourth-order valence-corrected chi connectivity index (χ4v) is 4.64. The maximum atomic E-state index is 12.6. The third-order valence-corrected chi connectivity index (χ3v) is 6.01. The number of piperidine rings is 2. The molecule has 0 aromatic heterocycles. The number of benzene rings is 1. The molecule has 3 amide bonds. The largest absolute Gasteiger partial charge is 0.489 e. The molecular formula is C23H31N3O5. The van der Waals surface area contributed by atoms with Crippen LogP contribution in [-0.2, 0) is 14.3 Å². The third kappa shape index (κ3) is 4.62. The summed E-state index contributed by atoms with van der Waals surface area (Å²) in [6.45, 7) is 7.95. The summed E-state index contributed by atoms with van der Waals surface area (Å²) in [6, 6.07) is 5.63. The van der Waals surface area contributed by atoms with Gasteiger partial charge in [-0.1, -0.05) is 12.1 Å². The number of carbonyl (C=O) groups is 3. The van der Waals surface area contributed by atoms with Gasteiger partial charge in [0.25, 0.3) is 0 Å². The van der Waals surface area contributed by atoms with Gasteiger partial charge in [-0.05, 0) is 46.1 Å². The van der Waals surface area contributed by atoms with Gasteiger partial charge in [-0.25, -0.2) is 4.79 Å². The number of imide groups is 1. The molecule has 1 aromatic carbocycles. The molecule has 168 valence electrons. The molecule has 2 atom stereocenters. The van der Waals surface area contributed by atoms with Crippen molar-refractivity contribution in [1.82, 2.24) is 10.2 Å². The first-order valence-corrected chi connectivity index (χ1v) is 11.1. The standard InChI is InChI=1S/C23H31N3O5/c1-23(2,3)31-22(29)25-11-5-6-15(14-25)16-7-4-8-17-20(16)30-13-12-26(17)18-9-10-19(27)24-21(18)28/h4,7-8,15,18H,5-6,9-14H2,1-3H3,(H,24,27,28)/t15-,18?/m1/s1. The number of amides is 3. The first kappa shape index (κ1) is 21.5. The number of nitrogens with zero attached hydrogens (tertiary/aromatic N) is 2. The molecule has 0 radical (unpaired) electrons. The molecule has 2 fully saturated rings. The first-order chi connectivity index (χ1) is 14.7. The number of para-hydroxylation sites is 1. The van der Waals surface area contributed by atoms with E-state index in [4.69, 9.17) is 9.47 Å². The van der Waals surface area contributed by atoms with E-state index in [-0.39, 0.29) is 29.9 Å². The Balaban J connectivity index is 1.56. The molecule has 0 saturated carbocycles. The zero-order valence-corrected chi connectivity index (χ0v) is 18.5. The highest BCUT2D eigenvalue weighted by Crippen LogP contribution is 2.42. The van der Waals surface area contributed by atoms with Crippen molar-refractivity contribution < 1.29 is 23.9 Å². The SMILES string of the molecule is CC(C)(C)OC(=O)N1CCC[C@@H](c2cccc3c2OCCN3C2CCC(=O)NC2=O)C1. The Labute approximate surface area is 182 Å². The van der Waals surface area contributed by atoms with Crippen molar-refractivity contribution in [2.45, 2.75) is 64.0 Å². The van der Waals surface area contributed by atoms with E-state index in [0.29, 0.717) is 39.1 Å². The zero-order chi connectivity index (χ0) is 22.2. The Morgan fingerprint density at radius 3 is 2.74 bits per heavy atom. The van der Waals surface area contributed by atoms with Crippen LogP contribution in [0.1, 0.15) is 57.9 Å². The van der Waals surface area contributed by atoms with Crippen LogP contribution in [-0.4, -0.2) is 60.7 Å². The van der Waals surface area contributed by atoms with Crippen molar-refractivity contribution >= 4 is 23.6 Å². The molecule has 0 spiro atoms. The van der Waals surface area contributed by atoms with Crippen LogP contribution in [0.15, 0.2) is 18.2 Å². The second-order valence-corrected chi connectivity index (χ2v) is 9.47. The van der Waals surface area contributed by atoms with Gasteiger partial charge in [0.2, 0.25) is 11.8 Å². The molecule has 1 aromatic rings. The van der Waals surface area contributed by atoms with Gasteiger partial charge in [0, 0.05) is 31.0 Å². The molecule has 8 nitrogen and oxygen atoms in total. The highest BCUT2D eigenvalue weighted by Gasteiger charge is 2.37. The van der Waals surface area contributed by atoms with Crippen LogP contribution >= 0.6 is 0 Å². The predicted octanol–water partition coefficient (Wildman–Crippen LogP) is 2.81. The Hall–Kier alpha value is -2.77. The number of ether oxygens (including phenoxy) is 2. The maximum absolute atomic E-state index is 12.6. The minimum atomic E-state index is -0.526. The Morgan fingerprint density at radius 1 is 1.19 bits per heavy atom. The summed E-state index contributed by atoms with van der Waals surface area (Å²) in [6.07, 6.45) is 2.41. The van der Waals surface area contributed by atoms with E-state index >= 15 is 0 Å². The summed E-state index contributed by atoms with van der Waals surface area (Å²) >= 11 is 0. The van der Waals surface area contributed by atoms with Crippen LogP contribution in [0.4, 0.5) is 10.5 Å². The van der Waals surface area contributed by atoms with Crippen LogP contribution in [0.5, 0.6) is 5.75 Å². The van der Waals surface area contributed by atoms with Crippen LogP contribution < -0.4 is 15.0 Å². The van der Waals surface area contributed by atoms with E-state index < -0.39 is 5.60 Å². The molecule has 2 saturated heterocycles. The molecule has 3 heterocycles. The zero-order valence-electron chi connectivity index (χ0n) is 18.5. The maximum Gasteiger partial charge on any atom is 0.410 e. The topological polar surface area (TPSA) is 88.2 Å². The van der Waals surface area contributed by atoms with Crippen molar-refractivity contribution in [2.24, 2.45) is 0 Å². The number of anilines is 1. The van der Waals surface area contributed by atoms with Crippen molar-refractivity contribution in [3.05, 3.63) is 23.8 Å². The van der Waals surface area contributed by atoms with Gasteiger partial charge in [-0.3, -0.25) is 14.9 Å². The summed E-state index contributed by atoms with van der Waals surface area (Å²) < 4.78 is 11.7. The lowest BCUT2D eigenvalue weighted by Crippen LogP contribution is -2.54.